The van der Waals surface area contributed by atoms with E-state index in [-0.39, 0.29) is 23.3 Å². The number of aromatic nitrogens is 2. The molecule has 1 aromatic carbocycles. The van der Waals surface area contributed by atoms with Crippen molar-refractivity contribution in [2.45, 2.75) is 59.1 Å². The number of ether oxygens (including phenoxy) is 1. The van der Waals surface area contributed by atoms with Crippen LogP contribution >= 0.6 is 0 Å². The molecule has 0 saturated carbocycles. The summed E-state index contributed by atoms with van der Waals surface area (Å²) in [6, 6.07) is 9.04. The van der Waals surface area contributed by atoms with E-state index in [0.717, 1.165) is 5.56 Å². The Hall–Kier alpha value is -2.72. The van der Waals surface area contributed by atoms with E-state index in [9.17, 15) is 18.0 Å². The van der Waals surface area contributed by atoms with Crippen LogP contribution in [-0.2, 0) is 34.3 Å². The minimum atomic E-state index is -2.49. The molecule has 2 aromatic rings. The lowest BCUT2D eigenvalue weighted by atomic mass is 10.1. The maximum absolute atomic E-state index is 13.2. The van der Waals surface area contributed by atoms with Crippen molar-refractivity contribution >= 4 is 16.8 Å². The number of thiol groups is 1. The zero-order valence-corrected chi connectivity index (χ0v) is 22.1. The highest BCUT2D eigenvalue weighted by molar-refractivity contribution is 7.71. The molecule has 35 heavy (non-hydrogen) atoms. The lowest BCUT2D eigenvalue weighted by molar-refractivity contribution is 0.0138. The van der Waals surface area contributed by atoms with E-state index in [1.807, 2.05) is 52.8 Å². The van der Waals surface area contributed by atoms with Gasteiger partial charge in [-0.25, -0.2) is 17.9 Å². The molecule has 0 radical (unpaired) electrons. The normalized spacial score (nSPS) is 15.1. The van der Waals surface area contributed by atoms with E-state index in [0.29, 0.717) is 56.1 Å². The van der Waals surface area contributed by atoms with Gasteiger partial charge in [-0.05, 0) is 38.3 Å². The molecule has 3 rings (SSSR count). The van der Waals surface area contributed by atoms with Gasteiger partial charge < -0.3 is 9.64 Å². The number of amides is 1. The third-order valence-corrected chi connectivity index (χ3v) is 6.19. The summed E-state index contributed by atoms with van der Waals surface area (Å²) in [6.45, 7) is 12.9. The van der Waals surface area contributed by atoms with Crippen molar-refractivity contribution in [3.05, 3.63) is 51.8 Å². The Bertz CT molecular complexity index is 1150. The van der Waals surface area contributed by atoms with Crippen LogP contribution in [0, 0.1) is 5.92 Å². The summed E-state index contributed by atoms with van der Waals surface area (Å²) in [4.78, 5) is 29.4. The van der Waals surface area contributed by atoms with Gasteiger partial charge in [0.1, 0.15) is 16.3 Å². The van der Waals surface area contributed by atoms with Gasteiger partial charge in [0.2, 0.25) is 0 Å². The third kappa shape index (κ3) is 7.90. The largest absolute Gasteiger partial charge is 0.444 e. The molecule has 0 spiro atoms. The summed E-state index contributed by atoms with van der Waals surface area (Å²) in [7, 11) is -2.49. The summed E-state index contributed by atoms with van der Waals surface area (Å²) < 4.78 is 29.0. The first kappa shape index (κ1) is 26.9. The van der Waals surface area contributed by atoms with Crippen LogP contribution < -0.4 is 5.56 Å². The van der Waals surface area contributed by atoms with Gasteiger partial charge in [-0.1, -0.05) is 38.1 Å². The van der Waals surface area contributed by atoms with Crippen LogP contribution in [0.15, 0.2) is 35.1 Å². The molecule has 1 fully saturated rings. The maximum Gasteiger partial charge on any atom is 0.410 e. The number of hydrogen-bond donors (Lipinski definition) is 1. The van der Waals surface area contributed by atoms with Gasteiger partial charge in [-0.2, -0.15) is 5.10 Å². The fourth-order valence-electron chi connectivity index (χ4n) is 3.91. The molecule has 0 bridgehead atoms. The van der Waals surface area contributed by atoms with Crippen molar-refractivity contribution in [2.75, 3.05) is 26.2 Å². The second-order valence-electron chi connectivity index (χ2n) is 10.4. The zero-order chi connectivity index (χ0) is 25.8. The van der Waals surface area contributed by atoms with Crippen LogP contribution in [0.5, 0.6) is 0 Å². The van der Waals surface area contributed by atoms with Crippen molar-refractivity contribution in [2.24, 2.45) is 5.92 Å². The lowest BCUT2D eigenvalue weighted by Gasteiger charge is -2.35. The molecule has 2 heterocycles. The predicted molar refractivity (Wildman–Crippen MR) is 136 cm³/mol. The monoisotopic (exact) mass is 504 g/mol. The summed E-state index contributed by atoms with van der Waals surface area (Å²) in [5.74, 6) is 0.243. The topological polar surface area (TPSA) is 102 Å². The molecule has 0 atom stereocenters. The summed E-state index contributed by atoms with van der Waals surface area (Å²) in [6.07, 6.45) is -0.312. The van der Waals surface area contributed by atoms with Gasteiger partial charge in [0, 0.05) is 50.4 Å². The van der Waals surface area contributed by atoms with Crippen LogP contribution in [-0.4, -0.2) is 65.9 Å². The number of hydrogen-bond acceptors (Lipinski definition) is 7. The number of benzene rings is 1. The predicted octanol–water partition coefficient (Wildman–Crippen LogP) is 2.73. The molecule has 1 amide bonds. The molecule has 9 nitrogen and oxygen atoms in total. The average molecular weight is 505 g/mol. The Morgan fingerprint density at radius 1 is 1.09 bits per heavy atom. The van der Waals surface area contributed by atoms with Crippen molar-refractivity contribution in [3.8, 4) is 11.3 Å². The van der Waals surface area contributed by atoms with Crippen molar-refractivity contribution in [1.82, 2.24) is 19.6 Å². The fourth-order valence-corrected chi connectivity index (χ4v) is 4.42. The third-order valence-electron chi connectivity index (χ3n) is 5.57. The van der Waals surface area contributed by atoms with Crippen molar-refractivity contribution < 1.29 is 17.9 Å². The molecular weight excluding hydrogens is 468 g/mol. The first-order valence-electron chi connectivity index (χ1n) is 11.9. The Balaban J connectivity index is 1.79. The Morgan fingerprint density at radius 3 is 2.26 bits per heavy atom. The molecule has 192 valence electrons. The van der Waals surface area contributed by atoms with Crippen LogP contribution in [0.1, 0.15) is 45.7 Å². The second kappa shape index (κ2) is 11.3. The van der Waals surface area contributed by atoms with Gasteiger partial charge in [-0.15, -0.1) is 0 Å². The van der Waals surface area contributed by atoms with Gasteiger partial charge in [0.25, 0.3) is 5.56 Å². The highest BCUT2D eigenvalue weighted by Crippen LogP contribution is 2.20. The highest BCUT2D eigenvalue weighted by atomic mass is 32.2. The van der Waals surface area contributed by atoms with E-state index in [1.165, 1.54) is 4.68 Å². The molecule has 0 aliphatic carbocycles. The minimum absolute atomic E-state index is 0.00356. The van der Waals surface area contributed by atoms with E-state index in [2.05, 4.69) is 10.00 Å². The van der Waals surface area contributed by atoms with Crippen LogP contribution in [0.25, 0.3) is 11.3 Å². The van der Waals surface area contributed by atoms with E-state index in [4.69, 9.17) is 4.74 Å². The van der Waals surface area contributed by atoms with Crippen molar-refractivity contribution in [1.29, 1.82) is 0 Å². The van der Waals surface area contributed by atoms with Crippen LogP contribution in [0.2, 0.25) is 0 Å². The van der Waals surface area contributed by atoms with Crippen LogP contribution in [0.4, 0.5) is 4.79 Å². The number of carbonyl (C=O) groups excluding carboxylic acids is 1. The summed E-state index contributed by atoms with van der Waals surface area (Å²) in [5, 5.41) is 4.59. The molecule has 1 aliphatic heterocycles. The van der Waals surface area contributed by atoms with Gasteiger partial charge in [-0.3, -0.25) is 9.69 Å². The number of carbonyl (C=O) groups is 1. The maximum atomic E-state index is 13.2. The molecule has 1 saturated heterocycles. The first-order valence-corrected chi connectivity index (χ1v) is 13.3. The Morgan fingerprint density at radius 2 is 1.71 bits per heavy atom. The van der Waals surface area contributed by atoms with E-state index >= 15 is 0 Å². The molecule has 0 N–H and O–H groups in total. The summed E-state index contributed by atoms with van der Waals surface area (Å²) >= 11 is 0. The molecular formula is C25H36N4O5S. The summed E-state index contributed by atoms with van der Waals surface area (Å²) in [5.41, 5.74) is 2.20. The number of rotatable bonds is 7. The van der Waals surface area contributed by atoms with E-state index < -0.39 is 16.3 Å². The minimum Gasteiger partial charge on any atom is -0.444 e. The molecule has 10 heteroatoms. The van der Waals surface area contributed by atoms with Gasteiger partial charge in [0.15, 0.2) is 0 Å². The van der Waals surface area contributed by atoms with E-state index in [1.54, 1.807) is 17.0 Å². The van der Waals surface area contributed by atoms with Gasteiger partial charge in [0.05, 0.1) is 11.4 Å². The second-order valence-corrected chi connectivity index (χ2v) is 11.3. The Kier molecular flexibility index (Phi) is 8.71. The van der Waals surface area contributed by atoms with Crippen LogP contribution in [0.3, 0.4) is 0 Å². The average Bonchev–Trinajstić information content (AvgIpc) is 2.75. The standard InChI is InChI=1S/C25H36N4O5S/c1-18(2)15-29-23(30)21(14-22(26-29)20-8-6-19(7-9-20)17-35(32)33)16-27-10-12-28(13-11-27)24(31)34-25(3,4)5/h6-9,14,18,35H,10-13,15-17H2,1-5H3. The number of piperazine rings is 1. The van der Waals surface area contributed by atoms with Crippen molar-refractivity contribution in [3.63, 3.8) is 0 Å². The quantitative estimate of drug-likeness (QED) is 0.579. The highest BCUT2D eigenvalue weighted by Gasteiger charge is 2.26. The number of nitrogens with zero attached hydrogens (tertiary/aromatic N) is 4. The SMILES string of the molecule is CC(C)Cn1nc(-c2ccc(C[SH](=O)=O)cc2)cc(CN2CCN(C(=O)OC(C)(C)C)CC2)c1=O. The van der Waals surface area contributed by atoms with Gasteiger partial charge >= 0.3 is 6.09 Å². The smallest absolute Gasteiger partial charge is 0.410 e. The molecule has 1 aliphatic rings. The lowest BCUT2D eigenvalue weighted by Crippen LogP contribution is -2.50. The first-order chi connectivity index (χ1) is 16.4. The zero-order valence-electron chi connectivity index (χ0n) is 21.2. The molecule has 0 unspecified atom stereocenters. The Labute approximate surface area is 208 Å². The molecule has 1 aromatic heterocycles. The fraction of sp³-hybridized carbons (Fsp3) is 0.560.